The first-order valence-electron chi connectivity index (χ1n) is 6.21. The molecule has 1 aromatic rings. The van der Waals surface area contributed by atoms with Gasteiger partial charge in [-0.3, -0.25) is 4.79 Å². The first kappa shape index (κ1) is 14.0. The maximum absolute atomic E-state index is 11.9. The van der Waals surface area contributed by atoms with E-state index in [-0.39, 0.29) is 18.9 Å². The molecule has 1 amide bonds. The molecule has 1 saturated heterocycles. The quantitative estimate of drug-likeness (QED) is 0.904. The lowest BCUT2D eigenvalue weighted by Gasteiger charge is -2.17. The molecule has 0 aromatic heterocycles. The fourth-order valence-electron chi connectivity index (χ4n) is 2.18. The summed E-state index contributed by atoms with van der Waals surface area (Å²) in [5.41, 5.74) is 1.90. The van der Waals surface area contributed by atoms with Gasteiger partial charge in [-0.2, -0.15) is 0 Å². The number of hydrogen-bond acceptors (Lipinski definition) is 3. The number of primary sulfonamides is 1. The zero-order valence-corrected chi connectivity index (χ0v) is 11.9. The SMILES string of the molecule is CC(C)c1ccc(N2CC(S(N)(=O)=O)CC2=O)cc1. The fraction of sp³-hybridized carbons (Fsp3) is 0.462. The number of nitrogens with zero attached hydrogens (tertiary/aromatic N) is 1. The van der Waals surface area contributed by atoms with Crippen molar-refractivity contribution in [1.82, 2.24) is 0 Å². The second-order valence-corrected chi connectivity index (χ2v) is 7.01. The van der Waals surface area contributed by atoms with Gasteiger partial charge in [0.05, 0.1) is 0 Å². The number of benzene rings is 1. The van der Waals surface area contributed by atoms with E-state index in [1.54, 1.807) is 0 Å². The molecule has 0 bridgehead atoms. The van der Waals surface area contributed by atoms with Crippen LogP contribution in [0, 0.1) is 0 Å². The molecule has 6 heteroatoms. The monoisotopic (exact) mass is 282 g/mol. The van der Waals surface area contributed by atoms with Crippen LogP contribution in [0.3, 0.4) is 0 Å². The summed E-state index contributed by atoms with van der Waals surface area (Å²) in [4.78, 5) is 13.3. The highest BCUT2D eigenvalue weighted by Crippen LogP contribution is 2.26. The molecule has 2 N–H and O–H groups in total. The second kappa shape index (κ2) is 4.94. The van der Waals surface area contributed by atoms with Crippen molar-refractivity contribution in [2.45, 2.75) is 31.4 Å². The van der Waals surface area contributed by atoms with Crippen molar-refractivity contribution in [2.24, 2.45) is 5.14 Å². The summed E-state index contributed by atoms with van der Waals surface area (Å²) >= 11 is 0. The van der Waals surface area contributed by atoms with E-state index in [4.69, 9.17) is 5.14 Å². The van der Waals surface area contributed by atoms with Crippen LogP contribution in [0.1, 0.15) is 31.7 Å². The Hall–Kier alpha value is -1.40. The predicted molar refractivity (Wildman–Crippen MR) is 74.4 cm³/mol. The molecule has 0 aliphatic carbocycles. The van der Waals surface area contributed by atoms with Crippen LogP contribution in [0.2, 0.25) is 0 Å². The topological polar surface area (TPSA) is 80.5 Å². The normalized spacial score (nSPS) is 20.3. The molecule has 1 aromatic carbocycles. The minimum absolute atomic E-state index is 0.0369. The van der Waals surface area contributed by atoms with Crippen LogP contribution in [0.15, 0.2) is 24.3 Å². The molecule has 1 aliphatic heterocycles. The molecule has 104 valence electrons. The van der Waals surface area contributed by atoms with Crippen molar-refractivity contribution >= 4 is 21.6 Å². The Morgan fingerprint density at radius 3 is 2.26 bits per heavy atom. The molecule has 1 aliphatic rings. The highest BCUT2D eigenvalue weighted by molar-refractivity contribution is 7.89. The van der Waals surface area contributed by atoms with Gasteiger partial charge in [0.25, 0.3) is 0 Å². The van der Waals surface area contributed by atoms with Crippen molar-refractivity contribution in [1.29, 1.82) is 0 Å². The van der Waals surface area contributed by atoms with Crippen molar-refractivity contribution in [3.8, 4) is 0 Å². The van der Waals surface area contributed by atoms with Gasteiger partial charge >= 0.3 is 0 Å². The number of hydrogen-bond donors (Lipinski definition) is 1. The maximum Gasteiger partial charge on any atom is 0.228 e. The summed E-state index contributed by atoms with van der Waals surface area (Å²) in [6.07, 6.45) is -0.0369. The van der Waals surface area contributed by atoms with Gasteiger partial charge in [0, 0.05) is 18.7 Å². The molecule has 0 saturated carbocycles. The smallest absolute Gasteiger partial charge is 0.228 e. The lowest BCUT2D eigenvalue weighted by Crippen LogP contribution is -2.32. The van der Waals surface area contributed by atoms with Crippen molar-refractivity contribution in [3.05, 3.63) is 29.8 Å². The van der Waals surface area contributed by atoms with Gasteiger partial charge in [-0.15, -0.1) is 0 Å². The first-order chi connectivity index (χ1) is 8.79. The number of nitrogens with two attached hydrogens (primary N) is 1. The Morgan fingerprint density at radius 1 is 1.26 bits per heavy atom. The van der Waals surface area contributed by atoms with Crippen molar-refractivity contribution < 1.29 is 13.2 Å². The maximum atomic E-state index is 11.9. The van der Waals surface area contributed by atoms with Crippen molar-refractivity contribution in [3.63, 3.8) is 0 Å². The van der Waals surface area contributed by atoms with Crippen LogP contribution in [-0.4, -0.2) is 26.1 Å². The molecule has 1 unspecified atom stereocenters. The van der Waals surface area contributed by atoms with Gasteiger partial charge in [-0.1, -0.05) is 26.0 Å². The zero-order chi connectivity index (χ0) is 14.2. The first-order valence-corrected chi connectivity index (χ1v) is 7.82. The molecule has 0 radical (unpaired) electrons. The molecule has 1 fully saturated rings. The number of carbonyl (C=O) groups excluding carboxylic acids is 1. The van der Waals surface area contributed by atoms with E-state index in [0.29, 0.717) is 5.92 Å². The van der Waals surface area contributed by atoms with E-state index >= 15 is 0 Å². The van der Waals surface area contributed by atoms with Gasteiger partial charge < -0.3 is 4.90 Å². The Kier molecular flexibility index (Phi) is 3.64. The molecule has 1 heterocycles. The molecule has 1 atom stereocenters. The summed E-state index contributed by atoms with van der Waals surface area (Å²) in [7, 11) is -3.66. The van der Waals surface area contributed by atoms with Crippen LogP contribution in [0.5, 0.6) is 0 Å². The van der Waals surface area contributed by atoms with Gasteiger partial charge in [-0.05, 0) is 23.6 Å². The summed E-state index contributed by atoms with van der Waals surface area (Å²) in [5.74, 6) is 0.219. The number of rotatable bonds is 3. The van der Waals surface area contributed by atoms with Crippen LogP contribution >= 0.6 is 0 Å². The standard InChI is InChI=1S/C13H18N2O3S/c1-9(2)10-3-5-11(6-4-10)15-8-12(7-13(15)16)19(14,17)18/h3-6,9,12H,7-8H2,1-2H3,(H2,14,17,18). The van der Waals surface area contributed by atoms with Gasteiger partial charge in [0.1, 0.15) is 5.25 Å². The lowest BCUT2D eigenvalue weighted by molar-refractivity contribution is -0.117. The van der Waals surface area contributed by atoms with Crippen LogP contribution in [0.25, 0.3) is 0 Å². The van der Waals surface area contributed by atoms with Crippen LogP contribution in [0.4, 0.5) is 5.69 Å². The number of amides is 1. The summed E-state index contributed by atoms with van der Waals surface area (Å²) < 4.78 is 22.6. The third-order valence-electron chi connectivity index (χ3n) is 3.43. The fourth-order valence-corrected chi connectivity index (χ4v) is 2.92. The zero-order valence-electron chi connectivity index (χ0n) is 11.0. The van der Waals surface area contributed by atoms with Crippen LogP contribution < -0.4 is 10.0 Å². The Morgan fingerprint density at radius 2 is 1.84 bits per heavy atom. The summed E-state index contributed by atoms with van der Waals surface area (Å²) in [6.45, 7) is 4.32. The van der Waals surface area contributed by atoms with Crippen molar-refractivity contribution in [2.75, 3.05) is 11.4 Å². The molecular weight excluding hydrogens is 264 g/mol. The molecule has 5 nitrogen and oxygen atoms in total. The molecule has 19 heavy (non-hydrogen) atoms. The van der Waals surface area contributed by atoms with Gasteiger partial charge in [0.2, 0.25) is 15.9 Å². The Labute approximate surface area is 113 Å². The molecular formula is C13H18N2O3S. The number of anilines is 1. The minimum Gasteiger partial charge on any atom is -0.311 e. The van der Waals surface area contributed by atoms with E-state index in [1.165, 1.54) is 10.5 Å². The van der Waals surface area contributed by atoms with Gasteiger partial charge in [0.15, 0.2) is 0 Å². The lowest BCUT2D eigenvalue weighted by atomic mass is 10.0. The number of carbonyl (C=O) groups is 1. The predicted octanol–water partition coefficient (Wildman–Crippen LogP) is 1.20. The highest BCUT2D eigenvalue weighted by atomic mass is 32.2. The van der Waals surface area contributed by atoms with E-state index < -0.39 is 15.3 Å². The third kappa shape index (κ3) is 2.96. The average molecular weight is 282 g/mol. The molecule has 0 spiro atoms. The van der Waals surface area contributed by atoms with Crippen LogP contribution in [-0.2, 0) is 14.8 Å². The second-order valence-electron chi connectivity index (χ2n) is 5.17. The Balaban J connectivity index is 2.21. The number of sulfonamides is 1. The van der Waals surface area contributed by atoms with Gasteiger partial charge in [-0.25, -0.2) is 13.6 Å². The summed E-state index contributed by atoms with van der Waals surface area (Å²) in [5, 5.41) is 4.30. The highest BCUT2D eigenvalue weighted by Gasteiger charge is 2.37. The Bertz CT molecular complexity index is 578. The van der Waals surface area contributed by atoms with E-state index in [2.05, 4.69) is 13.8 Å². The van der Waals surface area contributed by atoms with E-state index in [9.17, 15) is 13.2 Å². The molecule has 2 rings (SSSR count). The largest absolute Gasteiger partial charge is 0.311 e. The minimum atomic E-state index is -3.66. The van der Waals surface area contributed by atoms with E-state index in [1.807, 2.05) is 24.3 Å². The average Bonchev–Trinajstić information content (AvgIpc) is 2.71. The summed E-state index contributed by atoms with van der Waals surface area (Å²) in [6, 6.07) is 7.60. The third-order valence-corrected chi connectivity index (χ3v) is 4.67. The van der Waals surface area contributed by atoms with E-state index in [0.717, 1.165) is 5.69 Å².